The number of ether oxygens (including phenoxy) is 1. The molecule has 2 aromatic heterocycles. The molecule has 0 saturated carbocycles. The number of nitrogens with one attached hydrogen (secondary N) is 1. The highest BCUT2D eigenvalue weighted by molar-refractivity contribution is 7.92. The van der Waals surface area contributed by atoms with Crippen molar-refractivity contribution in [3.63, 3.8) is 0 Å². The Bertz CT molecular complexity index is 1400. The Morgan fingerprint density at radius 2 is 2.03 bits per heavy atom. The van der Waals surface area contributed by atoms with E-state index in [-0.39, 0.29) is 16.5 Å². The first kappa shape index (κ1) is 20.5. The standard InChI is InChI=1S/C22H21FN4O4S/c1-30-18-8-7-15(23)12-20(18)32(28,29)26-22-21-17-6-3-2-5-16(17)14(11-19(21)31-25-22)13-27-10-4-9-24-27/h4,7-12H,2-3,5-6,13H2,1H3,(H,25,26). The number of fused-ring (bicyclic) bond motifs is 3. The summed E-state index contributed by atoms with van der Waals surface area (Å²) < 4.78 is 54.9. The molecule has 0 amide bonds. The third-order valence-electron chi connectivity index (χ3n) is 5.72. The number of hydrogen-bond acceptors (Lipinski definition) is 6. The summed E-state index contributed by atoms with van der Waals surface area (Å²) in [5.74, 6) is -0.554. The van der Waals surface area contributed by atoms with Crippen molar-refractivity contribution in [3.05, 3.63) is 65.2 Å². The Labute approximate surface area is 184 Å². The van der Waals surface area contributed by atoms with Gasteiger partial charge in [-0.3, -0.25) is 9.40 Å². The van der Waals surface area contributed by atoms with Crippen LogP contribution in [0.2, 0.25) is 0 Å². The summed E-state index contributed by atoms with van der Waals surface area (Å²) in [6.45, 7) is 0.591. The van der Waals surface area contributed by atoms with Crippen molar-refractivity contribution in [2.45, 2.75) is 37.1 Å². The zero-order valence-corrected chi connectivity index (χ0v) is 18.2. The molecule has 2 aromatic carbocycles. The van der Waals surface area contributed by atoms with E-state index >= 15 is 0 Å². The number of aryl methyl sites for hydroxylation is 1. The molecule has 2 heterocycles. The van der Waals surface area contributed by atoms with E-state index in [1.807, 2.05) is 23.0 Å². The molecule has 0 spiro atoms. The van der Waals surface area contributed by atoms with Gasteiger partial charge in [0.05, 0.1) is 19.0 Å². The maximum absolute atomic E-state index is 13.8. The van der Waals surface area contributed by atoms with Gasteiger partial charge in [0.1, 0.15) is 16.5 Å². The van der Waals surface area contributed by atoms with Gasteiger partial charge in [-0.25, -0.2) is 12.8 Å². The summed E-state index contributed by atoms with van der Waals surface area (Å²) in [5.41, 5.74) is 3.78. The molecule has 0 unspecified atom stereocenters. The molecule has 0 saturated heterocycles. The van der Waals surface area contributed by atoms with Crippen LogP contribution in [0.4, 0.5) is 10.2 Å². The van der Waals surface area contributed by atoms with Crippen molar-refractivity contribution < 1.29 is 22.1 Å². The monoisotopic (exact) mass is 456 g/mol. The van der Waals surface area contributed by atoms with Crippen molar-refractivity contribution in [2.75, 3.05) is 11.8 Å². The topological polar surface area (TPSA) is 99.3 Å². The molecule has 0 bridgehead atoms. The normalized spacial score (nSPS) is 13.8. The largest absolute Gasteiger partial charge is 0.495 e. The number of benzene rings is 2. The van der Waals surface area contributed by atoms with E-state index in [0.29, 0.717) is 17.5 Å². The summed E-state index contributed by atoms with van der Waals surface area (Å²) in [5, 5.41) is 8.94. The fraction of sp³-hybridized carbons (Fsp3) is 0.273. The number of hydrogen-bond donors (Lipinski definition) is 1. The van der Waals surface area contributed by atoms with Crippen molar-refractivity contribution in [1.82, 2.24) is 14.9 Å². The molecule has 0 fully saturated rings. The minimum atomic E-state index is -4.17. The quantitative estimate of drug-likeness (QED) is 0.472. The van der Waals surface area contributed by atoms with Crippen LogP contribution in [0.25, 0.3) is 11.0 Å². The molecular weight excluding hydrogens is 435 g/mol. The lowest BCUT2D eigenvalue weighted by atomic mass is 9.86. The summed E-state index contributed by atoms with van der Waals surface area (Å²) in [7, 11) is -2.84. The molecule has 0 radical (unpaired) electrons. The number of sulfonamides is 1. The molecule has 8 nitrogen and oxygen atoms in total. The molecule has 0 atom stereocenters. The van der Waals surface area contributed by atoms with E-state index in [2.05, 4.69) is 15.0 Å². The van der Waals surface area contributed by atoms with E-state index in [1.54, 1.807) is 6.20 Å². The number of nitrogens with zero attached hydrogens (tertiary/aromatic N) is 3. The van der Waals surface area contributed by atoms with Gasteiger partial charge in [-0.05, 0) is 72.7 Å². The molecule has 1 aliphatic carbocycles. The van der Waals surface area contributed by atoms with Gasteiger partial charge in [-0.15, -0.1) is 0 Å². The zero-order chi connectivity index (χ0) is 22.3. The Morgan fingerprint density at radius 3 is 2.78 bits per heavy atom. The predicted molar refractivity (Wildman–Crippen MR) is 116 cm³/mol. The van der Waals surface area contributed by atoms with Crippen LogP contribution in [-0.2, 0) is 29.4 Å². The first-order valence-electron chi connectivity index (χ1n) is 10.2. The van der Waals surface area contributed by atoms with Gasteiger partial charge in [-0.2, -0.15) is 5.10 Å². The first-order valence-corrected chi connectivity index (χ1v) is 11.7. The SMILES string of the molecule is COc1ccc(F)cc1S(=O)(=O)Nc1noc2cc(Cn3cccn3)c3c(c12)CCCC3. The highest BCUT2D eigenvalue weighted by atomic mass is 32.2. The van der Waals surface area contributed by atoms with Crippen molar-refractivity contribution in [3.8, 4) is 5.75 Å². The van der Waals surface area contributed by atoms with Crippen LogP contribution in [0, 0.1) is 5.82 Å². The lowest BCUT2D eigenvalue weighted by Gasteiger charge is -2.20. The molecule has 4 aromatic rings. The molecule has 0 aliphatic heterocycles. The summed E-state index contributed by atoms with van der Waals surface area (Å²) in [4.78, 5) is -0.305. The van der Waals surface area contributed by atoms with Gasteiger partial charge in [0.15, 0.2) is 11.4 Å². The van der Waals surface area contributed by atoms with Gasteiger partial charge >= 0.3 is 0 Å². The second-order valence-corrected chi connectivity index (χ2v) is 9.36. The van der Waals surface area contributed by atoms with E-state index in [0.717, 1.165) is 48.9 Å². The summed E-state index contributed by atoms with van der Waals surface area (Å²) >= 11 is 0. The highest BCUT2D eigenvalue weighted by Gasteiger charge is 2.27. The second-order valence-electron chi connectivity index (χ2n) is 7.71. The molecule has 32 heavy (non-hydrogen) atoms. The Kier molecular flexibility index (Phi) is 5.09. The van der Waals surface area contributed by atoms with Gasteiger partial charge in [-0.1, -0.05) is 5.16 Å². The van der Waals surface area contributed by atoms with Gasteiger partial charge in [0.2, 0.25) is 0 Å². The lowest BCUT2D eigenvalue weighted by molar-refractivity contribution is 0.401. The summed E-state index contributed by atoms with van der Waals surface area (Å²) in [6.07, 6.45) is 7.34. The number of halogens is 1. The molecule has 1 N–H and O–H groups in total. The fourth-order valence-corrected chi connectivity index (χ4v) is 5.48. The van der Waals surface area contributed by atoms with E-state index in [1.165, 1.54) is 18.7 Å². The van der Waals surface area contributed by atoms with E-state index in [4.69, 9.17) is 9.26 Å². The highest BCUT2D eigenvalue weighted by Crippen LogP contribution is 2.37. The first-order chi connectivity index (χ1) is 15.5. The van der Waals surface area contributed by atoms with Crippen molar-refractivity contribution in [2.24, 2.45) is 0 Å². The Hall–Kier alpha value is -3.40. The number of aromatic nitrogens is 3. The van der Waals surface area contributed by atoms with Gasteiger partial charge < -0.3 is 9.26 Å². The lowest BCUT2D eigenvalue weighted by Crippen LogP contribution is -2.16. The minimum absolute atomic E-state index is 0.0373. The third kappa shape index (κ3) is 3.60. The molecule has 10 heteroatoms. The van der Waals surface area contributed by atoms with Crippen LogP contribution in [0.3, 0.4) is 0 Å². The number of anilines is 1. The van der Waals surface area contributed by atoms with Crippen LogP contribution in [0.1, 0.15) is 29.5 Å². The minimum Gasteiger partial charge on any atom is -0.495 e. The predicted octanol–water partition coefficient (Wildman–Crippen LogP) is 3.90. The van der Waals surface area contributed by atoms with Crippen molar-refractivity contribution in [1.29, 1.82) is 0 Å². The number of rotatable bonds is 6. The maximum atomic E-state index is 13.8. The Balaban J connectivity index is 1.60. The van der Waals surface area contributed by atoms with E-state index < -0.39 is 15.8 Å². The van der Waals surface area contributed by atoms with Crippen LogP contribution < -0.4 is 9.46 Å². The molecule has 166 valence electrons. The van der Waals surface area contributed by atoms with Crippen LogP contribution in [-0.4, -0.2) is 30.5 Å². The van der Waals surface area contributed by atoms with Crippen LogP contribution in [0.15, 0.2) is 52.1 Å². The fourth-order valence-electron chi connectivity index (χ4n) is 4.30. The smallest absolute Gasteiger partial charge is 0.266 e. The average molecular weight is 456 g/mol. The number of methoxy groups -OCH3 is 1. The van der Waals surface area contributed by atoms with E-state index in [9.17, 15) is 12.8 Å². The van der Waals surface area contributed by atoms with Gasteiger partial charge in [0.25, 0.3) is 10.0 Å². The van der Waals surface area contributed by atoms with Crippen LogP contribution >= 0.6 is 0 Å². The van der Waals surface area contributed by atoms with Gasteiger partial charge in [0, 0.05) is 12.4 Å². The Morgan fingerprint density at radius 1 is 1.22 bits per heavy atom. The van der Waals surface area contributed by atoms with Crippen molar-refractivity contribution >= 4 is 26.8 Å². The second kappa shape index (κ2) is 7.94. The molecular formula is C22H21FN4O4S. The summed E-state index contributed by atoms with van der Waals surface area (Å²) in [6, 6.07) is 7.10. The van der Waals surface area contributed by atoms with Crippen LogP contribution in [0.5, 0.6) is 5.75 Å². The third-order valence-corrected chi connectivity index (χ3v) is 7.08. The molecule has 1 aliphatic rings. The molecule has 5 rings (SSSR count). The zero-order valence-electron chi connectivity index (χ0n) is 17.3. The maximum Gasteiger partial charge on any atom is 0.266 e. The average Bonchev–Trinajstić information content (AvgIpc) is 3.44.